The normalized spacial score (nSPS) is 20.7. The lowest BCUT2D eigenvalue weighted by Gasteiger charge is -2.31. The van der Waals surface area contributed by atoms with E-state index in [1.807, 2.05) is 39.5 Å². The first kappa shape index (κ1) is 14.3. The van der Waals surface area contributed by atoms with E-state index in [0.29, 0.717) is 6.04 Å². The van der Waals surface area contributed by atoms with E-state index in [0.717, 1.165) is 19.5 Å². The zero-order chi connectivity index (χ0) is 13.1. The van der Waals surface area contributed by atoms with Crippen LogP contribution in [0.2, 0.25) is 0 Å². The smallest absolute Gasteiger partial charge is 0.410 e. The number of amides is 1. The van der Waals surface area contributed by atoms with E-state index >= 15 is 0 Å². The summed E-state index contributed by atoms with van der Waals surface area (Å²) in [4.78, 5) is 13.9. The molecule has 1 amide bonds. The molecule has 0 spiro atoms. The van der Waals surface area contributed by atoms with Gasteiger partial charge in [0, 0.05) is 18.6 Å². The van der Waals surface area contributed by atoms with Crippen LogP contribution < -0.4 is 5.32 Å². The first-order valence-electron chi connectivity index (χ1n) is 6.52. The average molecular weight is 242 g/mol. The Bertz CT molecular complexity index is 253. The van der Waals surface area contributed by atoms with Gasteiger partial charge in [0.2, 0.25) is 0 Å². The van der Waals surface area contributed by atoms with Crippen molar-refractivity contribution in [1.29, 1.82) is 0 Å². The van der Waals surface area contributed by atoms with Gasteiger partial charge >= 0.3 is 6.09 Å². The number of nitrogens with one attached hydrogen (secondary N) is 1. The van der Waals surface area contributed by atoms with Gasteiger partial charge in [-0.05, 0) is 54.0 Å². The minimum atomic E-state index is -0.423. The van der Waals surface area contributed by atoms with Crippen LogP contribution in [0, 0.1) is 0 Å². The lowest BCUT2D eigenvalue weighted by Crippen LogP contribution is -2.46. The highest BCUT2D eigenvalue weighted by molar-refractivity contribution is 5.68. The first-order chi connectivity index (χ1) is 7.79. The highest BCUT2D eigenvalue weighted by Crippen LogP contribution is 2.14. The zero-order valence-corrected chi connectivity index (χ0v) is 11.7. The fourth-order valence-electron chi connectivity index (χ4n) is 1.97. The van der Waals surface area contributed by atoms with Gasteiger partial charge in [0.1, 0.15) is 5.60 Å². The molecule has 1 aliphatic heterocycles. The molecule has 0 saturated carbocycles. The fourth-order valence-corrected chi connectivity index (χ4v) is 1.97. The molecular weight excluding hydrogens is 216 g/mol. The van der Waals surface area contributed by atoms with Crippen LogP contribution in [0.5, 0.6) is 0 Å². The molecule has 0 unspecified atom stereocenters. The molecule has 1 heterocycles. The largest absolute Gasteiger partial charge is 0.444 e. The summed E-state index contributed by atoms with van der Waals surface area (Å²) in [5.41, 5.74) is -0.423. The Morgan fingerprint density at radius 1 is 1.47 bits per heavy atom. The van der Waals surface area contributed by atoms with Crippen LogP contribution in [0.4, 0.5) is 4.79 Å². The number of carbonyl (C=O) groups excluding carboxylic acids is 1. The monoisotopic (exact) mass is 242 g/mol. The Morgan fingerprint density at radius 2 is 2.12 bits per heavy atom. The van der Waals surface area contributed by atoms with Crippen LogP contribution in [0.25, 0.3) is 0 Å². The maximum absolute atomic E-state index is 12.1. The molecule has 1 aliphatic rings. The number of hydrogen-bond acceptors (Lipinski definition) is 3. The van der Waals surface area contributed by atoms with Gasteiger partial charge in [0.05, 0.1) is 0 Å². The summed E-state index contributed by atoms with van der Waals surface area (Å²) in [6, 6.07) is 0.595. The van der Waals surface area contributed by atoms with Gasteiger partial charge in [0.15, 0.2) is 0 Å². The van der Waals surface area contributed by atoms with Gasteiger partial charge in [-0.1, -0.05) is 0 Å². The van der Waals surface area contributed by atoms with Gasteiger partial charge in [0.25, 0.3) is 0 Å². The van der Waals surface area contributed by atoms with Crippen molar-refractivity contribution in [2.45, 2.75) is 65.1 Å². The molecule has 1 N–H and O–H groups in total. The molecule has 17 heavy (non-hydrogen) atoms. The third-order valence-corrected chi connectivity index (χ3v) is 2.83. The average Bonchev–Trinajstić information content (AvgIpc) is 2.62. The number of rotatable bonds is 3. The quantitative estimate of drug-likeness (QED) is 0.826. The molecule has 0 bridgehead atoms. The molecule has 4 nitrogen and oxygen atoms in total. The third-order valence-electron chi connectivity index (χ3n) is 2.83. The van der Waals surface area contributed by atoms with E-state index in [-0.39, 0.29) is 12.1 Å². The van der Waals surface area contributed by atoms with Crippen LogP contribution in [0.15, 0.2) is 0 Å². The van der Waals surface area contributed by atoms with Crippen molar-refractivity contribution >= 4 is 6.09 Å². The summed E-state index contributed by atoms with van der Waals surface area (Å²) in [5.74, 6) is 0. The second kappa shape index (κ2) is 5.71. The van der Waals surface area contributed by atoms with Crippen LogP contribution in [-0.2, 0) is 4.74 Å². The second-order valence-corrected chi connectivity index (χ2v) is 6.02. The van der Waals surface area contributed by atoms with Crippen LogP contribution in [0.3, 0.4) is 0 Å². The number of ether oxygens (including phenoxy) is 1. The number of nitrogens with zero attached hydrogens (tertiary/aromatic N) is 1. The third kappa shape index (κ3) is 4.94. The second-order valence-electron chi connectivity index (χ2n) is 6.02. The van der Waals surface area contributed by atoms with E-state index in [4.69, 9.17) is 4.74 Å². The van der Waals surface area contributed by atoms with E-state index in [2.05, 4.69) is 5.32 Å². The van der Waals surface area contributed by atoms with Crippen molar-refractivity contribution in [2.75, 3.05) is 13.1 Å². The van der Waals surface area contributed by atoms with Gasteiger partial charge in [-0.3, -0.25) is 0 Å². The standard InChI is InChI=1S/C13H26N2O2/c1-10(2)15(9-11-7-6-8-14-11)12(16)17-13(3,4)5/h10-11,14H,6-9H2,1-5H3/t11-/m0/s1. The predicted molar refractivity (Wildman–Crippen MR) is 69.1 cm³/mol. The van der Waals surface area contributed by atoms with E-state index in [1.165, 1.54) is 6.42 Å². The molecule has 0 aromatic carbocycles. The Balaban J connectivity index is 2.55. The highest BCUT2D eigenvalue weighted by Gasteiger charge is 2.27. The summed E-state index contributed by atoms with van der Waals surface area (Å²) in [6.07, 6.45) is 2.14. The van der Waals surface area contributed by atoms with Crippen molar-refractivity contribution in [1.82, 2.24) is 10.2 Å². The van der Waals surface area contributed by atoms with Gasteiger partial charge in [-0.15, -0.1) is 0 Å². The summed E-state index contributed by atoms with van der Waals surface area (Å²) in [6.45, 7) is 11.6. The molecule has 1 saturated heterocycles. The number of hydrogen-bond donors (Lipinski definition) is 1. The molecule has 1 rings (SSSR count). The minimum Gasteiger partial charge on any atom is -0.444 e. The van der Waals surface area contributed by atoms with Gasteiger partial charge in [-0.25, -0.2) is 4.79 Å². The summed E-state index contributed by atoms with van der Waals surface area (Å²) < 4.78 is 5.43. The van der Waals surface area contributed by atoms with Crippen molar-refractivity contribution < 1.29 is 9.53 Å². The molecular formula is C13H26N2O2. The molecule has 0 aromatic heterocycles. The fraction of sp³-hybridized carbons (Fsp3) is 0.923. The SMILES string of the molecule is CC(C)N(C[C@@H]1CCCN1)C(=O)OC(C)(C)C. The van der Waals surface area contributed by atoms with Crippen molar-refractivity contribution in [3.63, 3.8) is 0 Å². The van der Waals surface area contributed by atoms with E-state index < -0.39 is 5.60 Å². The molecule has 0 aromatic rings. The Morgan fingerprint density at radius 3 is 2.53 bits per heavy atom. The lowest BCUT2D eigenvalue weighted by atomic mass is 10.2. The maximum atomic E-state index is 12.1. The Kier molecular flexibility index (Phi) is 4.80. The summed E-state index contributed by atoms with van der Waals surface area (Å²) >= 11 is 0. The van der Waals surface area contributed by atoms with Crippen molar-refractivity contribution in [3.8, 4) is 0 Å². The first-order valence-corrected chi connectivity index (χ1v) is 6.52. The minimum absolute atomic E-state index is 0.173. The molecule has 0 radical (unpaired) electrons. The zero-order valence-electron chi connectivity index (χ0n) is 11.7. The summed E-state index contributed by atoms with van der Waals surface area (Å²) in [5, 5.41) is 3.41. The Hall–Kier alpha value is -0.770. The summed E-state index contributed by atoms with van der Waals surface area (Å²) in [7, 11) is 0. The van der Waals surface area contributed by atoms with Crippen LogP contribution >= 0.6 is 0 Å². The molecule has 100 valence electrons. The van der Waals surface area contributed by atoms with Crippen molar-refractivity contribution in [3.05, 3.63) is 0 Å². The number of carbonyl (C=O) groups is 1. The van der Waals surface area contributed by atoms with Crippen LogP contribution in [-0.4, -0.2) is 41.8 Å². The topological polar surface area (TPSA) is 41.6 Å². The molecule has 0 aliphatic carbocycles. The molecule has 1 atom stereocenters. The van der Waals surface area contributed by atoms with Gasteiger partial charge in [-0.2, -0.15) is 0 Å². The van der Waals surface area contributed by atoms with E-state index in [9.17, 15) is 4.79 Å². The maximum Gasteiger partial charge on any atom is 0.410 e. The van der Waals surface area contributed by atoms with Crippen molar-refractivity contribution in [2.24, 2.45) is 0 Å². The Labute approximate surface area is 105 Å². The lowest BCUT2D eigenvalue weighted by molar-refractivity contribution is 0.0174. The van der Waals surface area contributed by atoms with Gasteiger partial charge < -0.3 is 15.0 Å². The highest BCUT2D eigenvalue weighted by atomic mass is 16.6. The predicted octanol–water partition coefficient (Wildman–Crippen LogP) is 2.38. The van der Waals surface area contributed by atoms with E-state index in [1.54, 1.807) is 0 Å². The molecule has 4 heteroatoms. The van der Waals surface area contributed by atoms with Crippen LogP contribution in [0.1, 0.15) is 47.5 Å². The molecule has 1 fully saturated rings.